The summed E-state index contributed by atoms with van der Waals surface area (Å²) in [5.41, 5.74) is 0. The van der Waals surface area contributed by atoms with Crippen molar-refractivity contribution < 1.29 is 4.74 Å². The first-order valence-electron chi connectivity index (χ1n) is 9.51. The van der Waals surface area contributed by atoms with Crippen molar-refractivity contribution in [1.29, 1.82) is 0 Å². The molecule has 0 aliphatic heterocycles. The molecule has 0 saturated heterocycles. The van der Waals surface area contributed by atoms with Crippen molar-refractivity contribution in [2.24, 2.45) is 11.8 Å². The average molecular weight is 296 g/mol. The first kappa shape index (κ1) is 18.5. The Bertz CT molecular complexity index is 269. The van der Waals surface area contributed by atoms with Crippen LogP contribution >= 0.6 is 0 Å². The summed E-state index contributed by atoms with van der Waals surface area (Å²) in [6.45, 7) is 5.20. The Morgan fingerprint density at radius 2 is 1.62 bits per heavy atom. The molecular weight excluding hydrogens is 258 g/mol. The highest BCUT2D eigenvalue weighted by Crippen LogP contribution is 2.23. The molecule has 124 valence electrons. The van der Waals surface area contributed by atoms with Crippen molar-refractivity contribution >= 4 is 6.21 Å². The smallest absolute Gasteiger partial charge is 0.155 e. The minimum absolute atomic E-state index is 0.446. The molecule has 1 saturated carbocycles. The quantitative estimate of drug-likeness (QED) is 0.153. The molecule has 0 aromatic heterocycles. The maximum absolute atomic E-state index is 12.0. The van der Waals surface area contributed by atoms with Crippen LogP contribution in [0.1, 0.15) is 97.3 Å². The number of unbranched alkanes of at least 4 members (excludes halogenated alkanes) is 6. The van der Waals surface area contributed by atoms with Crippen LogP contribution in [0.2, 0.25) is 0 Å². The van der Waals surface area contributed by atoms with E-state index in [9.17, 15) is 5.21 Å². The third-order valence-electron chi connectivity index (χ3n) is 4.85. The molecular formula is C19H37NO. The minimum atomic E-state index is 0.446. The van der Waals surface area contributed by atoms with Crippen molar-refractivity contribution in [2.45, 2.75) is 97.3 Å². The lowest BCUT2D eigenvalue weighted by Gasteiger charge is -2.20. The molecule has 0 aromatic carbocycles. The fourth-order valence-electron chi connectivity index (χ4n) is 3.47. The van der Waals surface area contributed by atoms with Crippen LogP contribution in [0.4, 0.5) is 0 Å². The van der Waals surface area contributed by atoms with Crippen LogP contribution in [-0.4, -0.2) is 17.5 Å². The molecule has 0 radical (unpaired) electrons. The molecule has 0 aromatic rings. The zero-order valence-electron chi connectivity index (χ0n) is 14.5. The second-order valence-electron chi connectivity index (χ2n) is 7.14. The summed E-state index contributed by atoms with van der Waals surface area (Å²) < 4.78 is 1.24. The standard InChI is InChI=1S/C19H37NO/c1-3-4-5-6-7-8-10-13-18(2)16-20(21)17-19-14-11-9-12-15-19/h16,18-19H,3-15,17H2,1-2H3. The lowest BCUT2D eigenvalue weighted by Crippen LogP contribution is -2.21. The molecule has 21 heavy (non-hydrogen) atoms. The lowest BCUT2D eigenvalue weighted by atomic mass is 9.89. The second kappa shape index (κ2) is 12.1. The van der Waals surface area contributed by atoms with E-state index in [4.69, 9.17) is 0 Å². The zero-order valence-corrected chi connectivity index (χ0v) is 14.5. The van der Waals surface area contributed by atoms with Gasteiger partial charge in [0.15, 0.2) is 12.8 Å². The van der Waals surface area contributed by atoms with Crippen molar-refractivity contribution in [3.63, 3.8) is 0 Å². The summed E-state index contributed by atoms with van der Waals surface area (Å²) in [4.78, 5) is 0. The normalized spacial score (nSPS) is 18.9. The summed E-state index contributed by atoms with van der Waals surface area (Å²) in [6.07, 6.45) is 19.1. The zero-order chi connectivity index (χ0) is 15.3. The Balaban J connectivity index is 2.04. The topological polar surface area (TPSA) is 26.1 Å². The molecule has 0 bridgehead atoms. The Morgan fingerprint density at radius 3 is 2.29 bits per heavy atom. The van der Waals surface area contributed by atoms with Gasteiger partial charge >= 0.3 is 0 Å². The Kier molecular flexibility index (Phi) is 10.6. The largest absolute Gasteiger partial charge is 0.624 e. The van der Waals surface area contributed by atoms with Gasteiger partial charge in [0.25, 0.3) is 0 Å². The highest BCUT2D eigenvalue weighted by atomic mass is 16.5. The Labute approximate surface area is 132 Å². The van der Waals surface area contributed by atoms with Gasteiger partial charge in [-0.2, -0.15) is 0 Å². The molecule has 1 aliphatic rings. The highest BCUT2D eigenvalue weighted by Gasteiger charge is 2.17. The summed E-state index contributed by atoms with van der Waals surface area (Å²) in [6, 6.07) is 0. The van der Waals surface area contributed by atoms with Gasteiger partial charge in [0.1, 0.15) is 0 Å². The van der Waals surface area contributed by atoms with Gasteiger partial charge in [-0.1, -0.05) is 78.1 Å². The van der Waals surface area contributed by atoms with Crippen LogP contribution in [0.25, 0.3) is 0 Å². The summed E-state index contributed by atoms with van der Waals surface area (Å²) >= 11 is 0. The first-order chi connectivity index (χ1) is 10.2. The third-order valence-corrected chi connectivity index (χ3v) is 4.85. The predicted molar refractivity (Wildman–Crippen MR) is 92.9 cm³/mol. The fourth-order valence-corrected chi connectivity index (χ4v) is 3.47. The van der Waals surface area contributed by atoms with Crippen LogP contribution in [0.15, 0.2) is 0 Å². The highest BCUT2D eigenvalue weighted by molar-refractivity contribution is 5.54. The van der Waals surface area contributed by atoms with Gasteiger partial charge in [-0.3, -0.25) is 0 Å². The van der Waals surface area contributed by atoms with Gasteiger partial charge in [-0.15, -0.1) is 0 Å². The van der Waals surface area contributed by atoms with E-state index in [1.54, 1.807) is 0 Å². The fraction of sp³-hybridized carbons (Fsp3) is 0.947. The van der Waals surface area contributed by atoms with E-state index in [0.29, 0.717) is 11.8 Å². The van der Waals surface area contributed by atoms with Crippen LogP contribution in [0.5, 0.6) is 0 Å². The molecule has 0 heterocycles. The summed E-state index contributed by atoms with van der Waals surface area (Å²) in [5.74, 6) is 1.10. The Hall–Kier alpha value is -0.530. The average Bonchev–Trinajstić information content (AvgIpc) is 2.47. The first-order valence-corrected chi connectivity index (χ1v) is 9.51. The van der Waals surface area contributed by atoms with E-state index in [1.807, 2.05) is 6.21 Å². The number of nitrogens with zero attached hydrogens (tertiary/aromatic N) is 1. The second-order valence-corrected chi connectivity index (χ2v) is 7.14. The van der Waals surface area contributed by atoms with Crippen molar-refractivity contribution in [3.05, 3.63) is 5.21 Å². The van der Waals surface area contributed by atoms with Gasteiger partial charge in [0, 0.05) is 11.8 Å². The SMILES string of the molecule is CCCCCCCCCC(C)C=[N+]([O-])CC1CCCCC1. The molecule has 1 aliphatic carbocycles. The molecule has 1 unspecified atom stereocenters. The van der Waals surface area contributed by atoms with Gasteiger partial charge in [-0.25, -0.2) is 4.74 Å². The molecule has 1 atom stereocenters. The van der Waals surface area contributed by atoms with Gasteiger partial charge in [0.2, 0.25) is 0 Å². The predicted octanol–water partition coefficient (Wildman–Crippen LogP) is 5.92. The van der Waals surface area contributed by atoms with E-state index in [1.165, 1.54) is 88.2 Å². The maximum Gasteiger partial charge on any atom is 0.155 e. The number of hydroxylamine groups is 1. The van der Waals surface area contributed by atoms with Gasteiger partial charge in [0.05, 0.1) is 0 Å². The van der Waals surface area contributed by atoms with Crippen molar-refractivity contribution in [3.8, 4) is 0 Å². The number of rotatable bonds is 11. The Morgan fingerprint density at radius 1 is 1.00 bits per heavy atom. The maximum atomic E-state index is 12.0. The molecule has 0 amide bonds. The molecule has 0 N–H and O–H groups in total. The van der Waals surface area contributed by atoms with Crippen LogP contribution in [-0.2, 0) is 0 Å². The minimum Gasteiger partial charge on any atom is -0.624 e. The van der Waals surface area contributed by atoms with Crippen LogP contribution < -0.4 is 0 Å². The molecule has 1 rings (SSSR count). The van der Waals surface area contributed by atoms with Gasteiger partial charge in [-0.05, 0) is 19.3 Å². The van der Waals surface area contributed by atoms with Crippen LogP contribution in [0.3, 0.4) is 0 Å². The summed E-state index contributed by atoms with van der Waals surface area (Å²) in [7, 11) is 0. The molecule has 1 fully saturated rings. The molecule has 0 spiro atoms. The monoisotopic (exact) mass is 295 g/mol. The van der Waals surface area contributed by atoms with E-state index in [-0.39, 0.29) is 0 Å². The van der Waals surface area contributed by atoms with Crippen molar-refractivity contribution in [1.82, 2.24) is 0 Å². The third kappa shape index (κ3) is 9.92. The van der Waals surface area contributed by atoms with Crippen molar-refractivity contribution in [2.75, 3.05) is 6.54 Å². The van der Waals surface area contributed by atoms with Crippen LogP contribution in [0, 0.1) is 17.0 Å². The lowest BCUT2D eigenvalue weighted by molar-refractivity contribution is -0.464. The van der Waals surface area contributed by atoms with E-state index < -0.39 is 0 Å². The van der Waals surface area contributed by atoms with Gasteiger partial charge < -0.3 is 5.21 Å². The number of hydrogen-bond acceptors (Lipinski definition) is 1. The number of hydrogen-bond donors (Lipinski definition) is 0. The van der Waals surface area contributed by atoms with E-state index in [0.717, 1.165) is 6.54 Å². The van der Waals surface area contributed by atoms with E-state index in [2.05, 4.69) is 13.8 Å². The molecule has 2 heteroatoms. The summed E-state index contributed by atoms with van der Waals surface area (Å²) in [5, 5.41) is 12.0. The van der Waals surface area contributed by atoms with E-state index >= 15 is 0 Å². The molecule has 2 nitrogen and oxygen atoms in total.